The molecule has 8 nitrogen and oxygen atoms in total. The number of hydrogen-bond acceptors (Lipinski definition) is 6. The number of rotatable bonds is 8. The maximum absolute atomic E-state index is 11.7. The van der Waals surface area contributed by atoms with Crippen molar-refractivity contribution in [2.24, 2.45) is 22.4 Å². The number of aliphatic imine (C=N–C) groups is 1. The highest BCUT2D eigenvalue weighted by atomic mass is 16.5. The lowest BCUT2D eigenvalue weighted by atomic mass is 10.1. The molecule has 172 valence electrons. The molecule has 2 heterocycles. The number of benzene rings is 1. The monoisotopic (exact) mass is 446 g/mol. The number of amidine groups is 1. The van der Waals surface area contributed by atoms with Crippen LogP contribution in [0.1, 0.15) is 18.4 Å². The van der Waals surface area contributed by atoms with E-state index in [1.165, 1.54) is 6.08 Å². The van der Waals surface area contributed by atoms with E-state index in [1.54, 1.807) is 6.08 Å². The van der Waals surface area contributed by atoms with Gasteiger partial charge in [-0.3, -0.25) is 9.69 Å². The second-order valence-corrected chi connectivity index (χ2v) is 8.34. The maximum Gasteiger partial charge on any atom is 0.247 e. The molecular formula is C25H30N6O2. The predicted octanol–water partition coefficient (Wildman–Crippen LogP) is 2.95. The summed E-state index contributed by atoms with van der Waals surface area (Å²) in [6.45, 7) is 7.47. The molecule has 1 amide bonds. The van der Waals surface area contributed by atoms with Crippen LogP contribution < -0.4 is 16.8 Å². The second kappa shape index (κ2) is 10.4. The highest BCUT2D eigenvalue weighted by Crippen LogP contribution is 2.33. The van der Waals surface area contributed by atoms with Crippen LogP contribution in [0.2, 0.25) is 0 Å². The van der Waals surface area contributed by atoms with E-state index in [-0.39, 0.29) is 5.91 Å². The Morgan fingerprint density at radius 3 is 2.76 bits per heavy atom. The molecule has 5 N–H and O–H groups in total. The minimum Gasteiger partial charge on any atom is -0.402 e. The Labute approximate surface area is 194 Å². The summed E-state index contributed by atoms with van der Waals surface area (Å²) in [6.07, 6.45) is 5.18. The first-order valence-electron chi connectivity index (χ1n) is 11.2. The molecule has 1 aromatic heterocycles. The summed E-state index contributed by atoms with van der Waals surface area (Å²) in [5.41, 5.74) is 16.4. The van der Waals surface area contributed by atoms with E-state index in [0.29, 0.717) is 23.3 Å². The summed E-state index contributed by atoms with van der Waals surface area (Å²) in [4.78, 5) is 23.3. The molecular weight excluding hydrogens is 416 g/mol. The molecule has 0 unspecified atom stereocenters. The Balaban J connectivity index is 1.66. The van der Waals surface area contributed by atoms with E-state index in [0.717, 1.165) is 68.2 Å². The van der Waals surface area contributed by atoms with Crippen molar-refractivity contribution in [3.05, 3.63) is 66.4 Å². The Morgan fingerprint density at radius 1 is 1.24 bits per heavy atom. The van der Waals surface area contributed by atoms with E-state index in [9.17, 15) is 4.79 Å². The van der Waals surface area contributed by atoms with Gasteiger partial charge in [0.2, 0.25) is 5.91 Å². The lowest BCUT2D eigenvalue weighted by molar-refractivity contribution is -0.111. The van der Waals surface area contributed by atoms with Crippen molar-refractivity contribution in [1.82, 2.24) is 9.88 Å². The fraction of sp³-hybridized carbons (Fsp3) is 0.320. The summed E-state index contributed by atoms with van der Waals surface area (Å²) in [7, 11) is 0. The van der Waals surface area contributed by atoms with E-state index in [1.807, 2.05) is 36.4 Å². The fourth-order valence-corrected chi connectivity index (χ4v) is 3.70. The number of nitrogens with zero attached hydrogens (tertiary/aromatic N) is 3. The van der Waals surface area contributed by atoms with E-state index < -0.39 is 0 Å². The topological polar surface area (TPSA) is 119 Å². The van der Waals surface area contributed by atoms with Crippen LogP contribution in [-0.2, 0) is 16.1 Å². The lowest BCUT2D eigenvalue weighted by Gasteiger charge is -2.26. The molecule has 1 aliphatic carbocycles. The van der Waals surface area contributed by atoms with Gasteiger partial charge in [0.05, 0.1) is 18.9 Å². The number of hydrogen-bond donors (Lipinski definition) is 3. The number of amides is 1. The van der Waals surface area contributed by atoms with Crippen LogP contribution >= 0.6 is 0 Å². The molecule has 0 bridgehead atoms. The molecule has 1 aromatic carbocycles. The third-order valence-corrected chi connectivity index (χ3v) is 5.60. The van der Waals surface area contributed by atoms with Gasteiger partial charge < -0.3 is 21.5 Å². The number of carbonyl (C=O) groups excluding carboxylic acids is 1. The van der Waals surface area contributed by atoms with Gasteiger partial charge >= 0.3 is 0 Å². The number of anilines is 1. The molecule has 1 aliphatic heterocycles. The maximum atomic E-state index is 11.7. The number of ether oxygens (including phenoxy) is 1. The van der Waals surface area contributed by atoms with Crippen molar-refractivity contribution < 1.29 is 9.53 Å². The molecule has 8 heteroatoms. The third-order valence-electron chi connectivity index (χ3n) is 5.60. The SMILES string of the molecule is C=CC(=O)Nc1cccc(-c2cc(CN3CCOCC3)cc(N=C(N)/C=C(\N)C3CC3)n2)c1. The van der Waals surface area contributed by atoms with Crippen molar-refractivity contribution in [3.63, 3.8) is 0 Å². The summed E-state index contributed by atoms with van der Waals surface area (Å²) < 4.78 is 5.47. The van der Waals surface area contributed by atoms with Gasteiger partial charge in [0.25, 0.3) is 0 Å². The van der Waals surface area contributed by atoms with Crippen molar-refractivity contribution in [2.45, 2.75) is 19.4 Å². The first kappa shape index (κ1) is 22.7. The van der Waals surface area contributed by atoms with Gasteiger partial charge in [0.15, 0.2) is 5.82 Å². The van der Waals surface area contributed by atoms with Crippen LogP contribution in [0.5, 0.6) is 0 Å². The van der Waals surface area contributed by atoms with Crippen molar-refractivity contribution >= 4 is 23.2 Å². The normalized spacial score (nSPS) is 17.6. The fourth-order valence-electron chi connectivity index (χ4n) is 3.70. The molecule has 1 saturated heterocycles. The molecule has 0 spiro atoms. The number of nitrogens with one attached hydrogen (secondary N) is 1. The van der Waals surface area contributed by atoms with Crippen molar-refractivity contribution in [2.75, 3.05) is 31.6 Å². The Morgan fingerprint density at radius 2 is 2.03 bits per heavy atom. The summed E-state index contributed by atoms with van der Waals surface area (Å²) in [5.74, 6) is 1.02. The molecule has 1 saturated carbocycles. The number of pyridine rings is 1. The van der Waals surface area contributed by atoms with E-state index in [2.05, 4.69) is 21.8 Å². The zero-order valence-corrected chi connectivity index (χ0v) is 18.7. The Hall–Kier alpha value is -3.49. The minimum absolute atomic E-state index is 0.265. The zero-order valence-electron chi connectivity index (χ0n) is 18.7. The molecule has 4 rings (SSSR count). The summed E-state index contributed by atoms with van der Waals surface area (Å²) in [5, 5.41) is 2.79. The van der Waals surface area contributed by atoms with Crippen LogP contribution in [0.4, 0.5) is 11.5 Å². The Kier molecular flexibility index (Phi) is 7.16. The smallest absolute Gasteiger partial charge is 0.247 e. The standard InChI is InChI=1S/C25H30N6O2/c1-2-25(32)28-20-5-3-4-19(14-20)22-12-17(16-31-8-10-33-11-9-31)13-24(29-22)30-23(27)15-21(26)18-6-7-18/h2-5,12-15,18H,1,6-11,16,26H2,(H,28,32)(H2,27,29,30)/b21-15-. The average Bonchev–Trinajstić information content (AvgIpc) is 3.65. The number of carbonyl (C=O) groups is 1. The summed E-state index contributed by atoms with van der Waals surface area (Å²) in [6, 6.07) is 11.5. The van der Waals surface area contributed by atoms with Gasteiger partial charge in [0, 0.05) is 36.6 Å². The Bertz CT molecular complexity index is 1080. The van der Waals surface area contributed by atoms with Crippen LogP contribution in [0, 0.1) is 5.92 Å². The van der Waals surface area contributed by atoms with Crippen LogP contribution in [0.15, 0.2) is 65.8 Å². The first-order chi connectivity index (χ1) is 16.0. The minimum atomic E-state index is -0.265. The van der Waals surface area contributed by atoms with Crippen LogP contribution in [-0.4, -0.2) is 47.9 Å². The molecule has 2 aromatic rings. The second-order valence-electron chi connectivity index (χ2n) is 8.34. The highest BCUT2D eigenvalue weighted by molar-refractivity contribution is 5.99. The van der Waals surface area contributed by atoms with E-state index >= 15 is 0 Å². The van der Waals surface area contributed by atoms with Crippen LogP contribution in [0.3, 0.4) is 0 Å². The first-order valence-corrected chi connectivity index (χ1v) is 11.2. The van der Waals surface area contributed by atoms with E-state index in [4.69, 9.17) is 21.2 Å². The number of nitrogens with two attached hydrogens (primary N) is 2. The van der Waals surface area contributed by atoms with Crippen molar-refractivity contribution in [3.8, 4) is 11.3 Å². The molecule has 2 aliphatic rings. The highest BCUT2D eigenvalue weighted by Gasteiger charge is 2.24. The van der Waals surface area contributed by atoms with Crippen molar-refractivity contribution in [1.29, 1.82) is 0 Å². The lowest BCUT2D eigenvalue weighted by Crippen LogP contribution is -2.35. The average molecular weight is 447 g/mol. The summed E-state index contributed by atoms with van der Waals surface area (Å²) >= 11 is 0. The van der Waals surface area contributed by atoms with Crippen LogP contribution in [0.25, 0.3) is 11.3 Å². The number of allylic oxidation sites excluding steroid dienone is 1. The molecule has 0 radical (unpaired) electrons. The van der Waals surface area contributed by atoms with Gasteiger partial charge in [-0.2, -0.15) is 0 Å². The quantitative estimate of drug-likeness (QED) is 0.326. The van der Waals surface area contributed by atoms with Gasteiger partial charge in [-0.1, -0.05) is 18.7 Å². The van der Waals surface area contributed by atoms with Gasteiger partial charge in [-0.25, -0.2) is 9.98 Å². The molecule has 33 heavy (non-hydrogen) atoms. The predicted molar refractivity (Wildman–Crippen MR) is 131 cm³/mol. The largest absolute Gasteiger partial charge is 0.402 e. The van der Waals surface area contributed by atoms with Gasteiger partial charge in [-0.05, 0) is 60.7 Å². The van der Waals surface area contributed by atoms with Gasteiger partial charge in [-0.15, -0.1) is 0 Å². The third kappa shape index (κ3) is 6.50. The zero-order chi connectivity index (χ0) is 23.2. The molecule has 0 atom stereocenters. The number of aromatic nitrogens is 1. The number of morpholine rings is 1. The molecule has 2 fully saturated rings. The van der Waals surface area contributed by atoms with Gasteiger partial charge in [0.1, 0.15) is 5.84 Å².